The van der Waals surface area contributed by atoms with E-state index in [0.717, 1.165) is 6.42 Å². The van der Waals surface area contributed by atoms with Crippen LogP contribution >= 0.6 is 11.8 Å². The van der Waals surface area contributed by atoms with Crippen molar-refractivity contribution < 1.29 is 9.90 Å². The summed E-state index contributed by atoms with van der Waals surface area (Å²) in [6.07, 6.45) is 3.61. The highest BCUT2D eigenvalue weighted by Gasteiger charge is 2.27. The van der Waals surface area contributed by atoms with Crippen molar-refractivity contribution in [2.75, 3.05) is 12.4 Å². The molecule has 1 amide bonds. The minimum atomic E-state index is 0.112. The third-order valence-corrected chi connectivity index (χ3v) is 4.96. The molecular weight excluding hydrogens is 234 g/mol. The zero-order chi connectivity index (χ0) is 12.8. The quantitative estimate of drug-likeness (QED) is 0.794. The van der Waals surface area contributed by atoms with Crippen molar-refractivity contribution in [1.82, 2.24) is 5.32 Å². The summed E-state index contributed by atoms with van der Waals surface area (Å²) < 4.78 is 0. The molecule has 1 saturated carbocycles. The molecule has 17 heavy (non-hydrogen) atoms. The van der Waals surface area contributed by atoms with Crippen LogP contribution in [-0.2, 0) is 4.79 Å². The molecule has 0 bridgehead atoms. The maximum absolute atomic E-state index is 11.8. The summed E-state index contributed by atoms with van der Waals surface area (Å²) in [4.78, 5) is 11.8. The smallest absolute Gasteiger partial charge is 0.230 e. The molecule has 1 rings (SSSR count). The Hall–Kier alpha value is -0.220. The van der Waals surface area contributed by atoms with Gasteiger partial charge >= 0.3 is 0 Å². The molecule has 4 unspecified atom stereocenters. The zero-order valence-corrected chi connectivity index (χ0v) is 11.9. The van der Waals surface area contributed by atoms with Crippen molar-refractivity contribution in [2.24, 2.45) is 11.8 Å². The zero-order valence-electron chi connectivity index (χ0n) is 11.1. The van der Waals surface area contributed by atoms with E-state index < -0.39 is 0 Å². The highest BCUT2D eigenvalue weighted by molar-refractivity contribution is 8.00. The molecule has 1 fully saturated rings. The van der Waals surface area contributed by atoms with Crippen LogP contribution in [0.4, 0.5) is 0 Å². The lowest BCUT2D eigenvalue weighted by molar-refractivity contribution is -0.120. The van der Waals surface area contributed by atoms with Crippen LogP contribution in [0.1, 0.15) is 40.0 Å². The van der Waals surface area contributed by atoms with Crippen LogP contribution in [0.25, 0.3) is 0 Å². The van der Waals surface area contributed by atoms with E-state index in [4.69, 9.17) is 5.11 Å². The van der Waals surface area contributed by atoms with Crippen LogP contribution < -0.4 is 5.32 Å². The molecule has 4 atom stereocenters. The van der Waals surface area contributed by atoms with E-state index in [1.807, 2.05) is 6.92 Å². The molecule has 0 spiro atoms. The van der Waals surface area contributed by atoms with Gasteiger partial charge < -0.3 is 10.4 Å². The summed E-state index contributed by atoms with van der Waals surface area (Å²) in [7, 11) is 0. The Morgan fingerprint density at radius 3 is 2.82 bits per heavy atom. The van der Waals surface area contributed by atoms with Crippen molar-refractivity contribution in [1.29, 1.82) is 0 Å². The Kier molecular flexibility index (Phi) is 6.34. The molecule has 0 aliphatic heterocycles. The highest BCUT2D eigenvalue weighted by Crippen LogP contribution is 2.29. The topological polar surface area (TPSA) is 49.3 Å². The average molecular weight is 259 g/mol. The van der Waals surface area contributed by atoms with Crippen LogP contribution in [0.15, 0.2) is 0 Å². The Morgan fingerprint density at radius 1 is 1.47 bits per heavy atom. The maximum Gasteiger partial charge on any atom is 0.230 e. The Labute approximate surface area is 109 Å². The predicted molar refractivity (Wildman–Crippen MR) is 73.1 cm³/mol. The number of carbonyl (C=O) groups is 1. The van der Waals surface area contributed by atoms with E-state index in [2.05, 4.69) is 19.2 Å². The number of hydrogen-bond donors (Lipinski definition) is 2. The number of aliphatic hydroxyl groups excluding tert-OH is 1. The lowest BCUT2D eigenvalue weighted by Crippen LogP contribution is -2.44. The molecule has 4 heteroatoms. The molecule has 0 heterocycles. The van der Waals surface area contributed by atoms with Gasteiger partial charge in [-0.1, -0.05) is 33.6 Å². The first-order valence-corrected chi connectivity index (χ1v) is 7.61. The number of nitrogens with one attached hydrogen (secondary N) is 1. The number of hydrogen-bond acceptors (Lipinski definition) is 3. The fraction of sp³-hybridized carbons (Fsp3) is 0.923. The normalized spacial score (nSPS) is 30.9. The fourth-order valence-electron chi connectivity index (χ4n) is 2.30. The van der Waals surface area contributed by atoms with Gasteiger partial charge in [0.05, 0.1) is 12.4 Å². The predicted octanol–water partition coefficient (Wildman–Crippen LogP) is 2.04. The molecule has 2 N–H and O–H groups in total. The summed E-state index contributed by atoms with van der Waals surface area (Å²) in [5.74, 6) is 1.85. The molecule has 0 aromatic heterocycles. The van der Waals surface area contributed by atoms with E-state index >= 15 is 0 Å². The van der Waals surface area contributed by atoms with Crippen LogP contribution in [0, 0.1) is 11.8 Å². The van der Waals surface area contributed by atoms with Crippen LogP contribution in [-0.4, -0.2) is 34.7 Å². The minimum absolute atomic E-state index is 0.112. The van der Waals surface area contributed by atoms with Gasteiger partial charge in [-0.05, 0) is 18.3 Å². The molecule has 3 nitrogen and oxygen atoms in total. The third-order valence-electron chi connectivity index (χ3n) is 3.81. The summed E-state index contributed by atoms with van der Waals surface area (Å²) in [6.45, 7) is 6.57. The molecule has 0 saturated heterocycles. The SMILES string of the molecule is CC(CO)SCC(=O)NC1CCCC(C)C1C. The van der Waals surface area contributed by atoms with Crippen molar-refractivity contribution >= 4 is 17.7 Å². The fourth-order valence-corrected chi connectivity index (χ4v) is 2.93. The number of rotatable bonds is 5. The molecule has 0 aromatic carbocycles. The number of carbonyl (C=O) groups excluding carboxylic acids is 1. The Bertz CT molecular complexity index is 248. The standard InChI is InChI=1S/C13H25NO2S/c1-9-5-4-6-12(11(9)3)14-13(16)8-17-10(2)7-15/h9-12,15H,4-8H2,1-3H3,(H,14,16). The van der Waals surface area contributed by atoms with E-state index in [-0.39, 0.29) is 17.8 Å². The van der Waals surface area contributed by atoms with Gasteiger partial charge in [-0.2, -0.15) is 0 Å². The van der Waals surface area contributed by atoms with Crippen molar-refractivity contribution in [3.8, 4) is 0 Å². The lowest BCUT2D eigenvalue weighted by atomic mass is 9.78. The second-order valence-corrected chi connectivity index (χ2v) is 6.67. The summed E-state index contributed by atoms with van der Waals surface area (Å²) in [5, 5.41) is 12.2. The van der Waals surface area contributed by atoms with Gasteiger partial charge in [-0.15, -0.1) is 11.8 Å². The molecule has 0 aromatic rings. The molecule has 1 aliphatic rings. The Balaban J connectivity index is 2.30. The number of thioether (sulfide) groups is 1. The van der Waals surface area contributed by atoms with Crippen molar-refractivity contribution in [3.63, 3.8) is 0 Å². The molecule has 0 radical (unpaired) electrons. The van der Waals surface area contributed by atoms with E-state index in [1.54, 1.807) is 0 Å². The van der Waals surface area contributed by atoms with Gasteiger partial charge in [-0.3, -0.25) is 4.79 Å². The van der Waals surface area contributed by atoms with Gasteiger partial charge in [0.1, 0.15) is 0 Å². The van der Waals surface area contributed by atoms with Crippen LogP contribution in [0.5, 0.6) is 0 Å². The lowest BCUT2D eigenvalue weighted by Gasteiger charge is -2.34. The van der Waals surface area contributed by atoms with Crippen molar-refractivity contribution in [2.45, 2.75) is 51.3 Å². The second kappa shape index (κ2) is 7.27. The number of aliphatic hydroxyl groups is 1. The van der Waals surface area contributed by atoms with Crippen molar-refractivity contribution in [3.05, 3.63) is 0 Å². The van der Waals surface area contributed by atoms with Crippen LogP contribution in [0.2, 0.25) is 0 Å². The average Bonchev–Trinajstić information content (AvgIpc) is 2.32. The first kappa shape index (κ1) is 14.8. The first-order chi connectivity index (χ1) is 8.04. The number of amides is 1. The molecular formula is C13H25NO2S. The Morgan fingerprint density at radius 2 is 2.18 bits per heavy atom. The van der Waals surface area contributed by atoms with Crippen LogP contribution in [0.3, 0.4) is 0 Å². The minimum Gasteiger partial charge on any atom is -0.395 e. The monoisotopic (exact) mass is 259 g/mol. The highest BCUT2D eigenvalue weighted by atomic mass is 32.2. The van der Waals surface area contributed by atoms with E-state index in [9.17, 15) is 4.79 Å². The van der Waals surface area contributed by atoms with Gasteiger partial charge in [0.25, 0.3) is 0 Å². The summed E-state index contributed by atoms with van der Waals surface area (Å²) >= 11 is 1.51. The van der Waals surface area contributed by atoms with E-state index in [0.29, 0.717) is 23.6 Å². The summed E-state index contributed by atoms with van der Waals surface area (Å²) in [6, 6.07) is 0.344. The summed E-state index contributed by atoms with van der Waals surface area (Å²) in [5.41, 5.74) is 0. The van der Waals surface area contributed by atoms with Gasteiger partial charge in [0, 0.05) is 11.3 Å². The maximum atomic E-state index is 11.8. The van der Waals surface area contributed by atoms with Gasteiger partial charge in [0.15, 0.2) is 0 Å². The second-order valence-electron chi connectivity index (χ2n) is 5.25. The molecule has 1 aliphatic carbocycles. The van der Waals surface area contributed by atoms with E-state index in [1.165, 1.54) is 24.6 Å². The molecule has 100 valence electrons. The first-order valence-electron chi connectivity index (χ1n) is 6.56. The largest absolute Gasteiger partial charge is 0.395 e. The third kappa shape index (κ3) is 4.88. The van der Waals surface area contributed by atoms with Gasteiger partial charge in [-0.25, -0.2) is 0 Å². The van der Waals surface area contributed by atoms with Gasteiger partial charge in [0.2, 0.25) is 5.91 Å².